The van der Waals surface area contributed by atoms with E-state index in [2.05, 4.69) is 32.7 Å². The van der Waals surface area contributed by atoms with Crippen molar-refractivity contribution in [3.8, 4) is 0 Å². The van der Waals surface area contributed by atoms with Gasteiger partial charge in [-0.25, -0.2) is 4.98 Å². The number of anilines is 1. The second-order valence-electron chi connectivity index (χ2n) is 7.78. The van der Waals surface area contributed by atoms with E-state index in [0.717, 1.165) is 56.4 Å². The van der Waals surface area contributed by atoms with Crippen LogP contribution in [0.15, 0.2) is 52.2 Å². The van der Waals surface area contributed by atoms with Crippen LogP contribution in [0.1, 0.15) is 44.3 Å². The van der Waals surface area contributed by atoms with Crippen LogP contribution < -0.4 is 15.5 Å². The number of piperidine rings is 1. The summed E-state index contributed by atoms with van der Waals surface area (Å²) in [7, 11) is 0. The first-order valence-electron chi connectivity index (χ1n) is 10.6. The molecule has 1 saturated heterocycles. The van der Waals surface area contributed by atoms with E-state index in [0.29, 0.717) is 12.1 Å². The van der Waals surface area contributed by atoms with Gasteiger partial charge in [-0.05, 0) is 49.9 Å². The Morgan fingerprint density at radius 1 is 1.03 bits per heavy atom. The fraction of sp³-hybridized carbons (Fsp3) is 0.545. The van der Waals surface area contributed by atoms with Gasteiger partial charge in [0.1, 0.15) is 11.6 Å². The van der Waals surface area contributed by atoms with E-state index < -0.39 is 0 Å². The van der Waals surface area contributed by atoms with E-state index in [-0.39, 0.29) is 24.0 Å². The van der Waals surface area contributed by atoms with Gasteiger partial charge in [0.25, 0.3) is 0 Å². The van der Waals surface area contributed by atoms with Gasteiger partial charge in [-0.1, -0.05) is 18.9 Å². The van der Waals surface area contributed by atoms with Gasteiger partial charge in [0, 0.05) is 44.3 Å². The van der Waals surface area contributed by atoms with Crippen molar-refractivity contribution in [2.45, 2.75) is 57.0 Å². The molecule has 4 rings (SSSR count). The SMILES string of the molecule is I.c1ccc(N2CCC(NC(=NCCc3ccco3)NC3CCCC3)CC2)nc1. The summed E-state index contributed by atoms with van der Waals surface area (Å²) in [5, 5.41) is 7.36. The molecule has 0 bridgehead atoms. The van der Waals surface area contributed by atoms with Crippen LogP contribution in [0.25, 0.3) is 0 Å². The zero-order chi connectivity index (χ0) is 19.0. The quantitative estimate of drug-likeness (QED) is 0.351. The van der Waals surface area contributed by atoms with Crippen molar-refractivity contribution in [1.29, 1.82) is 0 Å². The van der Waals surface area contributed by atoms with Crippen LogP contribution in [-0.2, 0) is 6.42 Å². The van der Waals surface area contributed by atoms with Crippen LogP contribution in [0.5, 0.6) is 0 Å². The van der Waals surface area contributed by atoms with Crippen molar-refractivity contribution in [2.24, 2.45) is 4.99 Å². The van der Waals surface area contributed by atoms with Crippen LogP contribution in [0.4, 0.5) is 5.82 Å². The Bertz CT molecular complexity index is 723. The molecule has 2 N–H and O–H groups in total. The van der Waals surface area contributed by atoms with E-state index in [1.165, 1.54) is 25.7 Å². The summed E-state index contributed by atoms with van der Waals surface area (Å²) in [6.45, 7) is 2.79. The molecule has 1 aliphatic carbocycles. The summed E-state index contributed by atoms with van der Waals surface area (Å²) >= 11 is 0. The molecule has 1 saturated carbocycles. The van der Waals surface area contributed by atoms with E-state index >= 15 is 0 Å². The molecule has 2 fully saturated rings. The number of rotatable bonds is 6. The molecule has 29 heavy (non-hydrogen) atoms. The maximum Gasteiger partial charge on any atom is 0.191 e. The predicted octanol–water partition coefficient (Wildman–Crippen LogP) is 3.98. The topological polar surface area (TPSA) is 65.7 Å². The number of nitrogens with one attached hydrogen (secondary N) is 2. The molecular formula is C22H32IN5O. The normalized spacial score (nSPS) is 18.5. The molecule has 3 heterocycles. The number of hydrogen-bond acceptors (Lipinski definition) is 4. The Balaban J connectivity index is 0.00000240. The molecule has 1 aliphatic heterocycles. The van der Waals surface area contributed by atoms with Gasteiger partial charge in [0.05, 0.1) is 6.26 Å². The van der Waals surface area contributed by atoms with Gasteiger partial charge in [-0.15, -0.1) is 24.0 Å². The van der Waals surface area contributed by atoms with Gasteiger partial charge >= 0.3 is 0 Å². The number of halogens is 1. The van der Waals surface area contributed by atoms with Crippen molar-refractivity contribution in [3.05, 3.63) is 48.6 Å². The van der Waals surface area contributed by atoms with Crippen molar-refractivity contribution >= 4 is 35.8 Å². The molecule has 2 aromatic rings. The molecule has 6 nitrogen and oxygen atoms in total. The lowest BCUT2D eigenvalue weighted by atomic mass is 10.1. The summed E-state index contributed by atoms with van der Waals surface area (Å²) in [5.74, 6) is 3.04. The largest absolute Gasteiger partial charge is 0.469 e. The Kier molecular flexibility index (Phi) is 8.64. The average molecular weight is 509 g/mol. The number of aliphatic imine (C=N–C) groups is 1. The molecule has 0 spiro atoms. The first-order valence-corrected chi connectivity index (χ1v) is 10.6. The van der Waals surface area contributed by atoms with Gasteiger partial charge < -0.3 is 20.0 Å². The lowest BCUT2D eigenvalue weighted by Crippen LogP contribution is -2.50. The third-order valence-electron chi connectivity index (χ3n) is 5.71. The van der Waals surface area contributed by atoms with Crippen LogP contribution in [0.2, 0.25) is 0 Å². The zero-order valence-corrected chi connectivity index (χ0v) is 19.3. The zero-order valence-electron chi connectivity index (χ0n) is 16.9. The van der Waals surface area contributed by atoms with E-state index in [9.17, 15) is 0 Å². The molecular weight excluding hydrogens is 477 g/mol. The molecule has 0 unspecified atom stereocenters. The molecule has 2 aromatic heterocycles. The number of nitrogens with zero attached hydrogens (tertiary/aromatic N) is 3. The third kappa shape index (κ3) is 6.62. The number of hydrogen-bond donors (Lipinski definition) is 2. The highest BCUT2D eigenvalue weighted by Crippen LogP contribution is 2.19. The Morgan fingerprint density at radius 3 is 2.45 bits per heavy atom. The Labute approximate surface area is 190 Å². The molecule has 7 heteroatoms. The fourth-order valence-corrected chi connectivity index (χ4v) is 4.12. The molecule has 0 amide bonds. The highest BCUT2D eigenvalue weighted by molar-refractivity contribution is 14.0. The van der Waals surface area contributed by atoms with Crippen LogP contribution in [-0.4, -0.2) is 42.7 Å². The minimum Gasteiger partial charge on any atom is -0.469 e. The summed E-state index contributed by atoms with van der Waals surface area (Å²) in [4.78, 5) is 11.7. The van der Waals surface area contributed by atoms with Gasteiger partial charge in [-0.3, -0.25) is 4.99 Å². The standard InChI is InChI=1S/C22H31N5O.HI/c1-2-7-18(6-1)25-22(24-14-10-20-8-5-17-28-20)26-19-11-15-27(16-12-19)21-9-3-4-13-23-21;/h3-5,8-9,13,17-19H,1-2,6-7,10-12,14-16H2,(H2,24,25,26);1H. The number of pyridine rings is 1. The first-order chi connectivity index (χ1) is 13.9. The monoisotopic (exact) mass is 509 g/mol. The van der Waals surface area contributed by atoms with Gasteiger partial charge in [0.15, 0.2) is 5.96 Å². The lowest BCUT2D eigenvalue weighted by molar-refractivity contribution is 0.454. The summed E-state index contributed by atoms with van der Waals surface area (Å²) in [6, 6.07) is 11.1. The van der Waals surface area contributed by atoms with Crippen LogP contribution >= 0.6 is 24.0 Å². The van der Waals surface area contributed by atoms with Gasteiger partial charge in [0.2, 0.25) is 0 Å². The van der Waals surface area contributed by atoms with E-state index in [1.807, 2.05) is 24.4 Å². The fourth-order valence-electron chi connectivity index (χ4n) is 4.12. The number of aromatic nitrogens is 1. The van der Waals surface area contributed by atoms with Gasteiger partial charge in [-0.2, -0.15) is 0 Å². The molecule has 158 valence electrons. The van der Waals surface area contributed by atoms with Crippen molar-refractivity contribution < 1.29 is 4.42 Å². The molecule has 0 atom stereocenters. The smallest absolute Gasteiger partial charge is 0.191 e. The minimum atomic E-state index is 0. The Morgan fingerprint density at radius 2 is 1.79 bits per heavy atom. The first kappa shape index (κ1) is 21.9. The van der Waals surface area contributed by atoms with E-state index in [4.69, 9.17) is 9.41 Å². The maximum absolute atomic E-state index is 5.43. The number of guanidine groups is 1. The average Bonchev–Trinajstić information content (AvgIpc) is 3.43. The third-order valence-corrected chi connectivity index (χ3v) is 5.71. The second kappa shape index (κ2) is 11.4. The highest BCUT2D eigenvalue weighted by Gasteiger charge is 2.22. The Hall–Kier alpha value is -1.77. The lowest BCUT2D eigenvalue weighted by Gasteiger charge is -2.34. The summed E-state index contributed by atoms with van der Waals surface area (Å²) < 4.78 is 5.43. The minimum absolute atomic E-state index is 0. The van der Waals surface area contributed by atoms with Crippen LogP contribution in [0, 0.1) is 0 Å². The van der Waals surface area contributed by atoms with Crippen molar-refractivity contribution in [1.82, 2.24) is 15.6 Å². The predicted molar refractivity (Wildman–Crippen MR) is 128 cm³/mol. The van der Waals surface area contributed by atoms with Crippen LogP contribution in [0.3, 0.4) is 0 Å². The van der Waals surface area contributed by atoms with Crippen molar-refractivity contribution in [2.75, 3.05) is 24.5 Å². The van der Waals surface area contributed by atoms with E-state index in [1.54, 1.807) is 6.26 Å². The second-order valence-corrected chi connectivity index (χ2v) is 7.78. The highest BCUT2D eigenvalue weighted by atomic mass is 127. The summed E-state index contributed by atoms with van der Waals surface area (Å²) in [6.07, 6.45) is 11.8. The molecule has 0 radical (unpaired) electrons. The molecule has 0 aromatic carbocycles. The number of furan rings is 1. The van der Waals surface area contributed by atoms with Crippen molar-refractivity contribution in [3.63, 3.8) is 0 Å². The molecule has 2 aliphatic rings. The summed E-state index contributed by atoms with van der Waals surface area (Å²) in [5.41, 5.74) is 0. The maximum atomic E-state index is 5.43.